The molecule has 0 saturated heterocycles. The van der Waals surface area contributed by atoms with Crippen LogP contribution in [0.15, 0.2) is 93.7 Å². The van der Waals surface area contributed by atoms with E-state index in [9.17, 15) is 0 Å². The minimum Gasteiger partial charge on any atom is -1.00 e. The van der Waals surface area contributed by atoms with Crippen LogP contribution in [0.25, 0.3) is 0 Å². The Bertz CT molecular complexity index is 588. The third-order valence-corrected chi connectivity index (χ3v) is 10.3. The largest absolute Gasteiger partial charge is 1.00 e. The summed E-state index contributed by atoms with van der Waals surface area (Å²) in [5.74, 6) is 0. The zero-order chi connectivity index (χ0) is 14.1. The molecule has 106 valence electrons. The monoisotopic (exact) mass is 296 g/mol. The van der Waals surface area contributed by atoms with Gasteiger partial charge in [0.25, 0.3) is 0 Å². The predicted octanol–water partition coefficient (Wildman–Crippen LogP) is 2.25. The molecule has 0 nitrogen and oxygen atoms in total. The fourth-order valence-corrected chi connectivity index (χ4v) is 9.69. The molecule has 0 N–H and O–H groups in total. The Morgan fingerprint density at radius 1 is 0.545 bits per heavy atom. The van der Waals surface area contributed by atoms with Gasteiger partial charge < -0.3 is 1.43 Å². The van der Waals surface area contributed by atoms with Gasteiger partial charge in [0.2, 0.25) is 0 Å². The van der Waals surface area contributed by atoms with Crippen LogP contribution >= 0.6 is 0 Å². The molecular weight excluding hydrogens is 275 g/mol. The van der Waals surface area contributed by atoms with E-state index in [2.05, 4.69) is 72.9 Å². The van der Waals surface area contributed by atoms with E-state index in [-0.39, 0.29) is 20.3 Å². The fourth-order valence-electron chi connectivity index (χ4n) is 4.14. The van der Waals surface area contributed by atoms with Crippen LogP contribution in [0, 0.1) is 0 Å². The van der Waals surface area contributed by atoms with Crippen LogP contribution in [-0.4, -0.2) is 8.07 Å². The first-order chi connectivity index (χ1) is 10.4. The summed E-state index contributed by atoms with van der Waals surface area (Å²) in [5, 5.41) is 6.73. The minimum atomic E-state index is -1.87. The zero-order valence-corrected chi connectivity index (χ0v) is 14.3. The van der Waals surface area contributed by atoms with Gasteiger partial charge in [-0.2, -0.15) is 0 Å². The first-order valence-corrected chi connectivity index (χ1v) is 9.87. The van der Waals surface area contributed by atoms with Crippen LogP contribution in [0.5, 0.6) is 0 Å². The van der Waals surface area contributed by atoms with Gasteiger partial charge in [0.15, 0.2) is 8.07 Å². The zero-order valence-electron chi connectivity index (χ0n) is 14.3. The van der Waals surface area contributed by atoms with Crippen LogP contribution in [0.3, 0.4) is 0 Å². The number of hydrogen-bond acceptors (Lipinski definition) is 0. The Morgan fingerprint density at radius 3 is 1.00 bits per heavy atom. The van der Waals surface area contributed by atoms with Crippen LogP contribution < -0.4 is 18.9 Å². The second-order valence-corrected chi connectivity index (χ2v) is 10.1. The maximum absolute atomic E-state index is 2.41. The van der Waals surface area contributed by atoms with E-state index in [1.807, 2.05) is 0 Å². The van der Waals surface area contributed by atoms with E-state index in [0.29, 0.717) is 0 Å². The van der Waals surface area contributed by atoms with Crippen molar-refractivity contribution >= 4 is 8.07 Å². The molecule has 0 bridgehead atoms. The van der Waals surface area contributed by atoms with E-state index >= 15 is 0 Å². The molecule has 0 aromatic heterocycles. The van der Waals surface area contributed by atoms with E-state index in [4.69, 9.17) is 0 Å². The second-order valence-electron chi connectivity index (χ2n) is 6.05. The number of rotatable bonds is 4. The van der Waals surface area contributed by atoms with Crippen molar-refractivity contribution in [2.45, 2.75) is 25.7 Å². The summed E-state index contributed by atoms with van der Waals surface area (Å²) >= 11 is 0. The van der Waals surface area contributed by atoms with Crippen molar-refractivity contribution in [3.05, 3.63) is 93.7 Å². The summed E-state index contributed by atoms with van der Waals surface area (Å²) in [5.41, 5.74) is 0. The molecule has 0 fully saturated rings. The molecule has 0 aromatic carbocycles. The van der Waals surface area contributed by atoms with Gasteiger partial charge in [-0.25, -0.2) is 0 Å². The third kappa shape index (κ3) is 2.29. The maximum Gasteiger partial charge on any atom is 1.00 e. The smallest absolute Gasteiger partial charge is 1.00 e. The molecule has 0 radical (unpaired) electrons. The van der Waals surface area contributed by atoms with Gasteiger partial charge in [0, 0.05) is 0 Å². The van der Waals surface area contributed by atoms with Crippen LogP contribution in [0.1, 0.15) is 27.1 Å². The van der Waals surface area contributed by atoms with E-state index in [1.54, 1.807) is 20.8 Å². The average molecular weight is 296 g/mol. The topological polar surface area (TPSA) is 0 Å². The molecule has 4 rings (SSSR count). The SMILES string of the molecule is C1=CCC([Si](C2=CC=CC2)(C2=CC=CC2)C2=CC=CC2)=C1.[H-].[Li+]. The molecule has 0 aromatic rings. The second kappa shape index (κ2) is 6.46. The number of hydrogen-bond donors (Lipinski definition) is 0. The standard InChI is InChI=1S/C20H20Si.Li.H/c1-2-10-17(9-1)21(18-11-3-4-12-18,19-13-5-6-14-19)20-15-7-8-16-20;;/h1-9,11,13,15H,10,12,14,16H2;;/q;+1;-1. The van der Waals surface area contributed by atoms with Crippen molar-refractivity contribution in [1.29, 1.82) is 0 Å². The summed E-state index contributed by atoms with van der Waals surface area (Å²) in [6, 6.07) is 0. The molecule has 0 unspecified atom stereocenters. The van der Waals surface area contributed by atoms with Gasteiger partial charge in [-0.15, -0.1) is 0 Å². The van der Waals surface area contributed by atoms with Gasteiger partial charge in [-0.1, -0.05) is 93.7 Å². The Balaban J connectivity index is 0.000000960. The van der Waals surface area contributed by atoms with Crippen molar-refractivity contribution in [2.24, 2.45) is 0 Å². The molecule has 0 aliphatic heterocycles. The summed E-state index contributed by atoms with van der Waals surface area (Å²) in [7, 11) is -1.87. The summed E-state index contributed by atoms with van der Waals surface area (Å²) in [6.07, 6.45) is 32.5. The molecule has 22 heavy (non-hydrogen) atoms. The quantitative estimate of drug-likeness (QED) is 0.698. The van der Waals surface area contributed by atoms with Crippen LogP contribution in [-0.2, 0) is 0 Å². The molecule has 0 amide bonds. The van der Waals surface area contributed by atoms with Crippen molar-refractivity contribution in [3.8, 4) is 0 Å². The van der Waals surface area contributed by atoms with Crippen molar-refractivity contribution in [2.75, 3.05) is 0 Å². The van der Waals surface area contributed by atoms with E-state index < -0.39 is 8.07 Å². The fraction of sp³-hybridized carbons (Fsp3) is 0.200. The van der Waals surface area contributed by atoms with Gasteiger partial charge in [-0.05, 0) is 25.7 Å². The van der Waals surface area contributed by atoms with Gasteiger partial charge in [0.1, 0.15) is 0 Å². The first kappa shape index (κ1) is 15.6. The molecule has 0 heterocycles. The minimum absolute atomic E-state index is 0. The summed E-state index contributed by atoms with van der Waals surface area (Å²) < 4.78 is 0. The van der Waals surface area contributed by atoms with Gasteiger partial charge in [-0.3, -0.25) is 0 Å². The predicted molar refractivity (Wildman–Crippen MR) is 94.2 cm³/mol. The summed E-state index contributed by atoms with van der Waals surface area (Å²) in [6.45, 7) is 0. The molecule has 4 aliphatic carbocycles. The Kier molecular flexibility index (Phi) is 4.59. The molecule has 2 heteroatoms. The average Bonchev–Trinajstić information content (AvgIpc) is 3.32. The Morgan fingerprint density at radius 2 is 0.818 bits per heavy atom. The molecule has 0 saturated carbocycles. The van der Waals surface area contributed by atoms with Gasteiger partial charge >= 0.3 is 18.9 Å². The Labute approximate surface area is 147 Å². The molecule has 4 aliphatic rings. The molecular formula is C20H21LiSi. The van der Waals surface area contributed by atoms with Crippen molar-refractivity contribution < 1.29 is 20.3 Å². The molecule has 0 atom stereocenters. The number of allylic oxidation sites excluding steroid dienone is 16. The van der Waals surface area contributed by atoms with Crippen molar-refractivity contribution in [1.82, 2.24) is 0 Å². The third-order valence-electron chi connectivity index (χ3n) is 5.01. The van der Waals surface area contributed by atoms with Gasteiger partial charge in [0.05, 0.1) is 0 Å². The van der Waals surface area contributed by atoms with E-state index in [1.165, 1.54) is 0 Å². The van der Waals surface area contributed by atoms with Crippen LogP contribution in [0.2, 0.25) is 0 Å². The normalized spacial score (nSPS) is 21.8. The van der Waals surface area contributed by atoms with E-state index in [0.717, 1.165) is 25.7 Å². The first-order valence-electron chi connectivity index (χ1n) is 7.87. The van der Waals surface area contributed by atoms with Crippen molar-refractivity contribution in [3.63, 3.8) is 0 Å². The maximum atomic E-state index is 2.41. The van der Waals surface area contributed by atoms with Crippen LogP contribution in [0.4, 0.5) is 0 Å². The molecule has 0 spiro atoms. The Hall–Kier alpha value is -1.27. The summed E-state index contributed by atoms with van der Waals surface area (Å²) in [4.78, 5) is 0.